The van der Waals surface area contributed by atoms with Gasteiger partial charge in [0.2, 0.25) is 11.8 Å². The molecule has 2 aliphatic rings. The molecule has 0 unspecified atom stereocenters. The van der Waals surface area contributed by atoms with E-state index >= 15 is 0 Å². The van der Waals surface area contributed by atoms with Crippen molar-refractivity contribution < 1.29 is 9.47 Å². The maximum Gasteiger partial charge on any atom is 0.227 e. The first kappa shape index (κ1) is 20.7. The molecule has 0 amide bonds. The maximum absolute atomic E-state index is 6.26. The molecule has 0 atom stereocenters. The molecule has 0 saturated heterocycles. The monoisotopic (exact) mass is 446 g/mol. The number of ether oxygens (including phenoxy) is 2. The predicted octanol–water partition coefficient (Wildman–Crippen LogP) is 7.69. The van der Waals surface area contributed by atoms with Crippen LogP contribution in [0.1, 0.15) is 48.9 Å². The summed E-state index contributed by atoms with van der Waals surface area (Å²) in [6.07, 6.45) is 4.42. The molecule has 0 N–H and O–H groups in total. The van der Waals surface area contributed by atoms with Crippen molar-refractivity contribution in [3.8, 4) is 11.5 Å². The first-order chi connectivity index (χ1) is 16.7. The number of rotatable bonds is 6. The minimum atomic E-state index is 0.617. The largest absolute Gasteiger partial charge is 0.438 e. The van der Waals surface area contributed by atoms with Gasteiger partial charge in [-0.2, -0.15) is 0 Å². The van der Waals surface area contributed by atoms with Gasteiger partial charge in [-0.1, -0.05) is 51.0 Å². The zero-order valence-corrected chi connectivity index (χ0v) is 19.5. The Bertz CT molecular complexity index is 1340. The summed E-state index contributed by atoms with van der Waals surface area (Å²) in [7, 11) is 0. The summed E-state index contributed by atoms with van der Waals surface area (Å²) in [5.41, 5.74) is 6.35. The Morgan fingerprint density at radius 3 is 1.32 bits per heavy atom. The van der Waals surface area contributed by atoms with E-state index in [1.54, 1.807) is 0 Å². The molecule has 4 aromatic carbocycles. The Labute approximate surface area is 199 Å². The molecule has 0 radical (unpaired) electrons. The molecule has 0 aliphatic carbocycles. The summed E-state index contributed by atoms with van der Waals surface area (Å²) in [6.45, 7) is 4.38. The highest BCUT2D eigenvalue weighted by molar-refractivity contribution is 6.16. The van der Waals surface area contributed by atoms with Crippen molar-refractivity contribution in [2.45, 2.75) is 39.5 Å². The first-order valence-electron chi connectivity index (χ1n) is 12.0. The lowest BCUT2D eigenvalue weighted by atomic mass is 10.0. The molecular formula is C30H26N2O2. The number of hydrogen-bond donors (Lipinski definition) is 0. The van der Waals surface area contributed by atoms with Crippen LogP contribution in [0.2, 0.25) is 0 Å². The second-order valence-corrected chi connectivity index (χ2v) is 8.85. The van der Waals surface area contributed by atoms with Crippen LogP contribution in [0.15, 0.2) is 82.8 Å². The van der Waals surface area contributed by atoms with Crippen LogP contribution in [-0.2, 0) is 12.8 Å². The summed E-state index contributed by atoms with van der Waals surface area (Å²) in [5.74, 6) is 2.80. The van der Waals surface area contributed by atoms with Crippen LogP contribution in [-0.4, -0.2) is 11.8 Å². The van der Waals surface area contributed by atoms with E-state index in [0.29, 0.717) is 11.8 Å². The summed E-state index contributed by atoms with van der Waals surface area (Å²) < 4.78 is 12.5. The van der Waals surface area contributed by atoms with E-state index in [0.717, 1.165) is 70.5 Å². The van der Waals surface area contributed by atoms with E-state index in [2.05, 4.69) is 62.4 Å². The first-order valence-corrected chi connectivity index (χ1v) is 12.0. The van der Waals surface area contributed by atoms with Crippen molar-refractivity contribution in [1.82, 2.24) is 0 Å². The van der Waals surface area contributed by atoms with Gasteiger partial charge in [0.15, 0.2) is 0 Å². The van der Waals surface area contributed by atoms with Gasteiger partial charge < -0.3 is 9.47 Å². The highest BCUT2D eigenvalue weighted by atomic mass is 16.5. The van der Waals surface area contributed by atoms with E-state index in [1.165, 1.54) is 11.1 Å². The third kappa shape index (κ3) is 3.56. The highest BCUT2D eigenvalue weighted by Gasteiger charge is 2.25. The quantitative estimate of drug-likeness (QED) is 0.305. The average molecular weight is 447 g/mol. The molecule has 168 valence electrons. The van der Waals surface area contributed by atoms with Crippen molar-refractivity contribution in [3.63, 3.8) is 0 Å². The summed E-state index contributed by atoms with van der Waals surface area (Å²) in [6, 6.07) is 24.9. The van der Waals surface area contributed by atoms with Crippen LogP contribution >= 0.6 is 0 Å². The minimum Gasteiger partial charge on any atom is -0.438 e. The van der Waals surface area contributed by atoms with Crippen LogP contribution in [0.4, 0.5) is 11.4 Å². The van der Waals surface area contributed by atoms with Crippen LogP contribution in [0.5, 0.6) is 11.5 Å². The molecule has 0 saturated carbocycles. The SMILES string of the molecule is CCCc1ccc(C2=Nc3ccc4c5c(ccc(c35)O2)N=C(c2ccc(CCC)cc2)O4)cc1. The molecule has 4 heteroatoms. The van der Waals surface area contributed by atoms with Gasteiger partial charge in [0.1, 0.15) is 11.5 Å². The van der Waals surface area contributed by atoms with Crippen LogP contribution < -0.4 is 9.47 Å². The van der Waals surface area contributed by atoms with Gasteiger partial charge in [-0.3, -0.25) is 0 Å². The van der Waals surface area contributed by atoms with Crippen molar-refractivity contribution >= 4 is 33.9 Å². The summed E-state index contributed by atoms with van der Waals surface area (Å²) in [5, 5.41) is 1.89. The topological polar surface area (TPSA) is 43.2 Å². The fourth-order valence-corrected chi connectivity index (χ4v) is 4.68. The number of aryl methyl sites for hydroxylation is 2. The lowest BCUT2D eigenvalue weighted by Gasteiger charge is -2.23. The Balaban J connectivity index is 1.38. The van der Waals surface area contributed by atoms with Crippen molar-refractivity contribution in [2.24, 2.45) is 9.98 Å². The van der Waals surface area contributed by atoms with E-state index in [-0.39, 0.29) is 0 Å². The minimum absolute atomic E-state index is 0.617. The van der Waals surface area contributed by atoms with Gasteiger partial charge in [0.25, 0.3) is 0 Å². The second-order valence-electron chi connectivity index (χ2n) is 8.85. The van der Waals surface area contributed by atoms with Crippen LogP contribution in [0.25, 0.3) is 10.8 Å². The number of hydrogen-bond acceptors (Lipinski definition) is 4. The van der Waals surface area contributed by atoms with E-state index in [4.69, 9.17) is 19.5 Å². The van der Waals surface area contributed by atoms with Gasteiger partial charge >= 0.3 is 0 Å². The molecule has 0 spiro atoms. The van der Waals surface area contributed by atoms with Crippen molar-refractivity contribution in [1.29, 1.82) is 0 Å². The third-order valence-electron chi connectivity index (χ3n) is 6.38. The van der Waals surface area contributed by atoms with Gasteiger partial charge in [-0.15, -0.1) is 0 Å². The van der Waals surface area contributed by atoms with Gasteiger partial charge in [-0.25, -0.2) is 9.98 Å². The Hall–Kier alpha value is -3.92. The molecule has 4 aromatic rings. The molecule has 2 aliphatic heterocycles. The van der Waals surface area contributed by atoms with Gasteiger partial charge in [-0.05, 0) is 72.5 Å². The van der Waals surface area contributed by atoms with Gasteiger partial charge in [0, 0.05) is 11.1 Å². The number of aliphatic imine (C=N–C) groups is 2. The molecule has 2 heterocycles. The lowest BCUT2D eigenvalue weighted by Crippen LogP contribution is -2.15. The van der Waals surface area contributed by atoms with Crippen LogP contribution in [0.3, 0.4) is 0 Å². The van der Waals surface area contributed by atoms with Gasteiger partial charge in [0.05, 0.1) is 22.1 Å². The van der Waals surface area contributed by atoms with Crippen LogP contribution in [0, 0.1) is 0 Å². The zero-order chi connectivity index (χ0) is 23.1. The normalized spacial score (nSPS) is 13.7. The standard InChI is InChI=1S/C30H26N2O2/c1-3-5-19-7-11-21(12-8-19)29-31-23-15-18-26-28-24(16-17-25(33-29)27(23)28)32-30(34-26)22-13-9-20(6-4-2)10-14-22/h7-18H,3-6H2,1-2H3. The maximum atomic E-state index is 6.26. The summed E-state index contributed by atoms with van der Waals surface area (Å²) in [4.78, 5) is 9.69. The molecule has 0 aromatic heterocycles. The Morgan fingerprint density at radius 1 is 0.529 bits per heavy atom. The van der Waals surface area contributed by atoms with E-state index < -0.39 is 0 Å². The number of benzene rings is 4. The Morgan fingerprint density at radius 2 is 0.941 bits per heavy atom. The fraction of sp³-hybridized carbons (Fsp3) is 0.200. The molecule has 34 heavy (non-hydrogen) atoms. The Kier molecular flexibility index (Phi) is 5.14. The molecule has 6 rings (SSSR count). The highest BCUT2D eigenvalue weighted by Crippen LogP contribution is 2.48. The van der Waals surface area contributed by atoms with E-state index in [1.807, 2.05) is 24.3 Å². The zero-order valence-electron chi connectivity index (χ0n) is 19.5. The predicted molar refractivity (Wildman–Crippen MR) is 138 cm³/mol. The molecule has 0 fully saturated rings. The molecular weight excluding hydrogens is 420 g/mol. The smallest absolute Gasteiger partial charge is 0.227 e. The van der Waals surface area contributed by atoms with Crippen molar-refractivity contribution in [3.05, 3.63) is 95.1 Å². The summed E-state index contributed by atoms with van der Waals surface area (Å²) >= 11 is 0. The fourth-order valence-electron chi connectivity index (χ4n) is 4.68. The second kappa shape index (κ2) is 8.45. The number of nitrogens with zero attached hydrogens (tertiary/aromatic N) is 2. The molecule has 0 bridgehead atoms. The lowest BCUT2D eigenvalue weighted by molar-refractivity contribution is 0.547. The van der Waals surface area contributed by atoms with E-state index in [9.17, 15) is 0 Å². The van der Waals surface area contributed by atoms with Crippen molar-refractivity contribution in [2.75, 3.05) is 0 Å². The third-order valence-corrected chi connectivity index (χ3v) is 6.38. The average Bonchev–Trinajstić information content (AvgIpc) is 2.88. The molecule has 4 nitrogen and oxygen atoms in total.